The third kappa shape index (κ3) is 4.71. The number of hydrogen-bond donors (Lipinski definition) is 1. The maximum atomic E-state index is 9.09. The van der Waals surface area contributed by atoms with Crippen LogP contribution in [0.3, 0.4) is 0 Å². The Morgan fingerprint density at radius 2 is 1.59 bits per heavy atom. The van der Waals surface area contributed by atoms with Gasteiger partial charge in [-0.3, -0.25) is 0 Å². The number of hydrogen-bond acceptors (Lipinski definition) is 2. The van der Waals surface area contributed by atoms with E-state index in [1.54, 1.807) is 0 Å². The van der Waals surface area contributed by atoms with Crippen molar-refractivity contribution < 1.29 is 9.84 Å². The van der Waals surface area contributed by atoms with Crippen LogP contribution < -0.4 is 0 Å². The molecule has 0 heterocycles. The predicted octanol–water partition coefficient (Wildman–Crippen LogP) is 7.88. The van der Waals surface area contributed by atoms with E-state index in [1.807, 2.05) is 0 Å². The van der Waals surface area contributed by atoms with Gasteiger partial charge in [-0.2, -0.15) is 0 Å². The molecule has 4 rings (SSSR count). The Labute approximate surface area is 199 Å². The van der Waals surface area contributed by atoms with Crippen LogP contribution in [0.4, 0.5) is 0 Å². The molecule has 0 amide bonds. The first-order valence-electron chi connectivity index (χ1n) is 14.5. The molecule has 0 bridgehead atoms. The van der Waals surface area contributed by atoms with E-state index in [0.29, 0.717) is 16.9 Å². The second kappa shape index (κ2) is 10.3. The van der Waals surface area contributed by atoms with E-state index in [2.05, 4.69) is 34.6 Å². The van der Waals surface area contributed by atoms with Crippen molar-refractivity contribution in [2.45, 2.75) is 124 Å². The van der Waals surface area contributed by atoms with Gasteiger partial charge in [-0.05, 0) is 116 Å². The largest absolute Gasteiger partial charge is 0.396 e. The summed E-state index contributed by atoms with van der Waals surface area (Å²) in [5, 5.41) is 9.09. The fourth-order valence-electron chi connectivity index (χ4n) is 9.71. The van der Waals surface area contributed by atoms with E-state index in [-0.39, 0.29) is 6.61 Å². The van der Waals surface area contributed by atoms with Crippen molar-refractivity contribution >= 4 is 0 Å². The van der Waals surface area contributed by atoms with Gasteiger partial charge in [0.25, 0.3) is 0 Å². The molecule has 4 unspecified atom stereocenters. The van der Waals surface area contributed by atoms with Gasteiger partial charge in [0.1, 0.15) is 0 Å². The number of aliphatic hydroxyl groups excluding tert-OH is 1. The van der Waals surface area contributed by atoms with E-state index in [0.717, 1.165) is 54.5 Å². The zero-order chi connectivity index (χ0) is 22.9. The Hall–Kier alpha value is -0.0800. The van der Waals surface area contributed by atoms with Gasteiger partial charge in [-0.25, -0.2) is 0 Å². The summed E-state index contributed by atoms with van der Waals surface area (Å²) in [7, 11) is 0. The van der Waals surface area contributed by atoms with Gasteiger partial charge in [-0.15, -0.1) is 0 Å². The monoisotopic (exact) mass is 446 g/mol. The topological polar surface area (TPSA) is 29.5 Å². The minimum Gasteiger partial charge on any atom is -0.396 e. The van der Waals surface area contributed by atoms with Crippen molar-refractivity contribution in [2.24, 2.45) is 52.3 Å². The van der Waals surface area contributed by atoms with Crippen molar-refractivity contribution in [3.05, 3.63) is 0 Å². The first-order valence-corrected chi connectivity index (χ1v) is 14.5. The molecule has 1 N–H and O–H groups in total. The first-order chi connectivity index (χ1) is 15.3. The van der Waals surface area contributed by atoms with Gasteiger partial charge in [0.15, 0.2) is 0 Å². The molecule has 32 heavy (non-hydrogen) atoms. The lowest BCUT2D eigenvalue weighted by Crippen LogP contribution is -2.54. The number of ether oxygens (including phenoxy) is 1. The summed E-state index contributed by atoms with van der Waals surface area (Å²) < 4.78 is 6.17. The first kappa shape index (κ1) is 25.0. The zero-order valence-electron chi connectivity index (χ0n) is 22.1. The SMILES string of the molecule is CC(C)CCC[C@@H](C)[C@H]1CCC2C3CC[C@H]4CC(OCCCO)CC[C@]4(C)C3CC[C@@]21C. The molecular weight excluding hydrogens is 392 g/mol. The average Bonchev–Trinajstić information content (AvgIpc) is 3.11. The van der Waals surface area contributed by atoms with Gasteiger partial charge >= 0.3 is 0 Å². The standard InChI is InChI=1S/C30H54O2/c1-21(2)8-6-9-22(3)26-12-13-27-25-11-10-23-20-24(32-19-7-18-31)14-16-29(23,4)28(25)15-17-30(26,27)5/h21-28,31H,6-20H2,1-5H3/t22-,23+,24?,25?,26-,27?,28?,29+,30-/m1/s1. The normalized spacial score (nSPS) is 44.7. The van der Waals surface area contributed by atoms with Gasteiger partial charge in [-0.1, -0.05) is 53.9 Å². The zero-order valence-corrected chi connectivity index (χ0v) is 22.1. The molecule has 0 aromatic rings. The molecule has 2 heteroatoms. The van der Waals surface area contributed by atoms with E-state index < -0.39 is 0 Å². The molecule has 0 radical (unpaired) electrons. The van der Waals surface area contributed by atoms with Crippen molar-refractivity contribution in [3.63, 3.8) is 0 Å². The van der Waals surface area contributed by atoms with E-state index in [9.17, 15) is 0 Å². The Balaban J connectivity index is 1.39. The van der Waals surface area contributed by atoms with Gasteiger partial charge in [0.05, 0.1) is 6.10 Å². The predicted molar refractivity (Wildman–Crippen MR) is 135 cm³/mol. The molecule has 0 spiro atoms. The highest BCUT2D eigenvalue weighted by molar-refractivity contribution is 5.09. The maximum Gasteiger partial charge on any atom is 0.0578 e. The number of fused-ring (bicyclic) bond motifs is 5. The lowest BCUT2D eigenvalue weighted by molar-refractivity contribution is -0.137. The third-order valence-corrected chi connectivity index (χ3v) is 11.5. The number of aliphatic hydroxyl groups is 1. The molecule has 2 nitrogen and oxygen atoms in total. The fraction of sp³-hybridized carbons (Fsp3) is 1.00. The molecule has 0 aromatic heterocycles. The molecule has 9 atom stereocenters. The lowest BCUT2D eigenvalue weighted by atomic mass is 9.44. The Morgan fingerprint density at radius 1 is 0.844 bits per heavy atom. The highest BCUT2D eigenvalue weighted by atomic mass is 16.5. The minimum absolute atomic E-state index is 0.259. The summed E-state index contributed by atoms with van der Waals surface area (Å²) in [5.74, 6) is 6.57. The summed E-state index contributed by atoms with van der Waals surface area (Å²) in [6.45, 7) is 13.8. The number of rotatable bonds is 9. The summed E-state index contributed by atoms with van der Waals surface area (Å²) in [5.41, 5.74) is 1.17. The van der Waals surface area contributed by atoms with E-state index in [1.165, 1.54) is 77.0 Å². The second-order valence-corrected chi connectivity index (χ2v) is 13.5. The lowest BCUT2D eigenvalue weighted by Gasteiger charge is -2.61. The van der Waals surface area contributed by atoms with E-state index in [4.69, 9.17) is 9.84 Å². The van der Waals surface area contributed by atoms with Gasteiger partial charge in [0, 0.05) is 13.2 Å². The van der Waals surface area contributed by atoms with Crippen molar-refractivity contribution in [1.29, 1.82) is 0 Å². The van der Waals surface area contributed by atoms with Crippen LogP contribution in [0, 0.1) is 52.3 Å². The molecule has 4 aliphatic carbocycles. The van der Waals surface area contributed by atoms with Crippen LogP contribution in [0.25, 0.3) is 0 Å². The molecule has 0 saturated heterocycles. The molecule has 4 aliphatic rings. The molecule has 0 aliphatic heterocycles. The van der Waals surface area contributed by atoms with Crippen LogP contribution in [0.5, 0.6) is 0 Å². The van der Waals surface area contributed by atoms with Crippen LogP contribution in [-0.2, 0) is 4.74 Å². The molecular formula is C30H54O2. The summed E-state index contributed by atoms with van der Waals surface area (Å²) in [6.07, 6.45) is 18.4. The molecule has 4 saturated carbocycles. The van der Waals surface area contributed by atoms with Gasteiger partial charge in [0.2, 0.25) is 0 Å². The van der Waals surface area contributed by atoms with Crippen LogP contribution >= 0.6 is 0 Å². The molecule has 4 fully saturated rings. The third-order valence-electron chi connectivity index (χ3n) is 11.5. The van der Waals surface area contributed by atoms with Crippen molar-refractivity contribution in [3.8, 4) is 0 Å². The Morgan fingerprint density at radius 3 is 2.34 bits per heavy atom. The Bertz CT molecular complexity index is 602. The fourth-order valence-corrected chi connectivity index (χ4v) is 9.71. The van der Waals surface area contributed by atoms with Crippen LogP contribution in [0.15, 0.2) is 0 Å². The Kier molecular flexibility index (Phi) is 8.03. The highest BCUT2D eigenvalue weighted by Crippen LogP contribution is 2.68. The molecule has 0 aromatic carbocycles. The summed E-state index contributed by atoms with van der Waals surface area (Å²) >= 11 is 0. The summed E-state index contributed by atoms with van der Waals surface area (Å²) in [4.78, 5) is 0. The van der Waals surface area contributed by atoms with Crippen LogP contribution in [0.1, 0.15) is 118 Å². The second-order valence-electron chi connectivity index (χ2n) is 13.5. The smallest absolute Gasteiger partial charge is 0.0578 e. The van der Waals surface area contributed by atoms with E-state index >= 15 is 0 Å². The minimum atomic E-state index is 0.259. The van der Waals surface area contributed by atoms with Crippen LogP contribution in [-0.4, -0.2) is 24.4 Å². The quantitative estimate of drug-likeness (QED) is 0.365. The van der Waals surface area contributed by atoms with Gasteiger partial charge < -0.3 is 9.84 Å². The van der Waals surface area contributed by atoms with Crippen molar-refractivity contribution in [2.75, 3.05) is 13.2 Å². The summed E-state index contributed by atoms with van der Waals surface area (Å²) in [6, 6.07) is 0. The maximum absolute atomic E-state index is 9.09. The van der Waals surface area contributed by atoms with Crippen LogP contribution in [0.2, 0.25) is 0 Å². The highest BCUT2D eigenvalue weighted by Gasteiger charge is 2.60. The van der Waals surface area contributed by atoms with Crippen molar-refractivity contribution in [1.82, 2.24) is 0 Å². The molecule has 186 valence electrons. The average molecular weight is 447 g/mol.